The number of imide groups is 1. The first-order chi connectivity index (χ1) is 12.9. The summed E-state index contributed by atoms with van der Waals surface area (Å²) < 4.78 is 10.4. The molecule has 0 aliphatic carbocycles. The largest absolute Gasteiger partial charge is 0.454 e. The zero-order chi connectivity index (χ0) is 19.4. The average molecular weight is 410 g/mol. The first-order valence-electron chi connectivity index (χ1n) is 8.11. The monoisotopic (exact) mass is 409 g/mol. The molecule has 142 valence electrons. The van der Waals surface area contributed by atoms with Gasteiger partial charge in [-0.05, 0) is 36.8 Å². The number of urea groups is 1. The topological polar surface area (TPSA) is 88.7 Å². The minimum absolute atomic E-state index is 0.0457. The molecule has 0 fully saturated rings. The highest BCUT2D eigenvalue weighted by Gasteiger charge is 2.15. The van der Waals surface area contributed by atoms with Gasteiger partial charge >= 0.3 is 6.03 Å². The van der Waals surface area contributed by atoms with Crippen LogP contribution in [0.4, 0.5) is 10.5 Å². The summed E-state index contributed by atoms with van der Waals surface area (Å²) in [4.78, 5) is 23.9. The van der Waals surface area contributed by atoms with E-state index >= 15 is 0 Å². The molecule has 0 radical (unpaired) electrons. The van der Waals surface area contributed by atoms with Crippen molar-refractivity contribution in [3.8, 4) is 11.5 Å². The van der Waals surface area contributed by atoms with Gasteiger partial charge < -0.3 is 20.1 Å². The van der Waals surface area contributed by atoms with Crippen LogP contribution in [0.3, 0.4) is 0 Å². The molecular weight excluding hydrogens is 393 g/mol. The molecule has 2 aromatic rings. The predicted octanol–water partition coefficient (Wildman–Crippen LogP) is 3.72. The van der Waals surface area contributed by atoms with Gasteiger partial charge in [-0.15, -0.1) is 0 Å². The second kappa shape index (κ2) is 8.47. The van der Waals surface area contributed by atoms with Crippen molar-refractivity contribution < 1.29 is 19.1 Å². The van der Waals surface area contributed by atoms with Gasteiger partial charge in [-0.3, -0.25) is 10.1 Å². The number of fused-ring (bicyclic) bond motifs is 1. The quantitative estimate of drug-likeness (QED) is 0.699. The molecule has 1 heterocycles. The predicted molar refractivity (Wildman–Crippen MR) is 103 cm³/mol. The highest BCUT2D eigenvalue weighted by molar-refractivity contribution is 6.42. The molecule has 0 unspecified atom stereocenters. The third-order valence-electron chi connectivity index (χ3n) is 3.90. The van der Waals surface area contributed by atoms with Crippen LogP contribution in [0.1, 0.15) is 18.5 Å². The molecule has 7 nitrogen and oxygen atoms in total. The van der Waals surface area contributed by atoms with Crippen molar-refractivity contribution in [2.45, 2.75) is 13.0 Å². The van der Waals surface area contributed by atoms with Gasteiger partial charge in [0.05, 0.1) is 16.6 Å². The van der Waals surface area contributed by atoms with E-state index in [9.17, 15) is 9.59 Å². The molecule has 1 aliphatic heterocycles. The van der Waals surface area contributed by atoms with E-state index in [1.165, 1.54) is 0 Å². The van der Waals surface area contributed by atoms with Crippen LogP contribution >= 0.6 is 23.2 Å². The summed E-state index contributed by atoms with van der Waals surface area (Å²) in [6, 6.07) is 9.41. The van der Waals surface area contributed by atoms with Gasteiger partial charge in [-0.1, -0.05) is 29.3 Å². The zero-order valence-electron chi connectivity index (χ0n) is 14.3. The lowest BCUT2D eigenvalue weighted by atomic mass is 10.1. The molecule has 27 heavy (non-hydrogen) atoms. The maximum Gasteiger partial charge on any atom is 0.325 e. The van der Waals surface area contributed by atoms with Gasteiger partial charge in [0.25, 0.3) is 0 Å². The molecule has 1 atom stereocenters. The van der Waals surface area contributed by atoms with Crippen LogP contribution in [0.25, 0.3) is 0 Å². The number of ether oxygens (including phenoxy) is 2. The first-order valence-corrected chi connectivity index (χ1v) is 8.87. The lowest BCUT2D eigenvalue weighted by Crippen LogP contribution is -2.40. The molecular formula is C18H17Cl2N3O4. The summed E-state index contributed by atoms with van der Waals surface area (Å²) in [6.45, 7) is 1.97. The van der Waals surface area contributed by atoms with E-state index in [0.29, 0.717) is 27.2 Å². The standard InChI is InChI=1S/C18H17Cl2N3O4/c1-10(11-2-4-13(19)14(20)6-11)21-8-17(24)23-18(25)22-12-3-5-15-16(7-12)27-9-26-15/h2-7,10,21H,8-9H2,1H3,(H2,22,23,24,25)/t10-/m1/s1. The smallest absolute Gasteiger partial charge is 0.325 e. The number of carbonyl (C=O) groups is 2. The molecule has 3 N–H and O–H groups in total. The van der Waals surface area contributed by atoms with Gasteiger partial charge in [0.2, 0.25) is 12.7 Å². The van der Waals surface area contributed by atoms with Crippen LogP contribution in [0.5, 0.6) is 11.5 Å². The van der Waals surface area contributed by atoms with E-state index in [-0.39, 0.29) is 19.4 Å². The van der Waals surface area contributed by atoms with Crippen molar-refractivity contribution in [1.29, 1.82) is 0 Å². The lowest BCUT2D eigenvalue weighted by molar-refractivity contribution is -0.119. The van der Waals surface area contributed by atoms with Crippen molar-refractivity contribution in [3.63, 3.8) is 0 Å². The molecule has 3 amide bonds. The van der Waals surface area contributed by atoms with Crippen LogP contribution in [-0.2, 0) is 4.79 Å². The molecule has 1 aliphatic rings. The highest BCUT2D eigenvalue weighted by atomic mass is 35.5. The zero-order valence-corrected chi connectivity index (χ0v) is 15.9. The Morgan fingerprint density at radius 3 is 2.63 bits per heavy atom. The van der Waals surface area contributed by atoms with Gasteiger partial charge in [0, 0.05) is 17.8 Å². The minimum atomic E-state index is -0.636. The van der Waals surface area contributed by atoms with Gasteiger partial charge in [-0.25, -0.2) is 4.79 Å². The van der Waals surface area contributed by atoms with Crippen LogP contribution < -0.4 is 25.4 Å². The number of hydrogen-bond acceptors (Lipinski definition) is 5. The van der Waals surface area contributed by atoms with Gasteiger partial charge in [0.15, 0.2) is 11.5 Å². The van der Waals surface area contributed by atoms with Crippen molar-refractivity contribution in [1.82, 2.24) is 10.6 Å². The van der Waals surface area contributed by atoms with Gasteiger partial charge in [0.1, 0.15) is 0 Å². The molecule has 9 heteroatoms. The molecule has 0 saturated carbocycles. The molecule has 3 rings (SSSR count). The fraction of sp³-hybridized carbons (Fsp3) is 0.222. The average Bonchev–Trinajstić information content (AvgIpc) is 3.09. The number of anilines is 1. The Morgan fingerprint density at radius 1 is 1.07 bits per heavy atom. The van der Waals surface area contributed by atoms with Crippen LogP contribution in [-0.4, -0.2) is 25.3 Å². The minimum Gasteiger partial charge on any atom is -0.454 e. The van der Waals surface area contributed by atoms with E-state index in [2.05, 4.69) is 16.0 Å². The van der Waals surface area contributed by atoms with E-state index in [1.54, 1.807) is 30.3 Å². The Labute approximate surface area is 165 Å². The third kappa shape index (κ3) is 5.03. The number of carbonyl (C=O) groups excluding carboxylic acids is 2. The second-order valence-electron chi connectivity index (χ2n) is 5.85. The molecule has 0 aromatic heterocycles. The van der Waals surface area contributed by atoms with Crippen LogP contribution in [0, 0.1) is 0 Å². The maximum atomic E-state index is 12.0. The number of nitrogens with one attached hydrogen (secondary N) is 3. The van der Waals surface area contributed by atoms with Crippen molar-refractivity contribution in [2.24, 2.45) is 0 Å². The Kier molecular flexibility index (Phi) is 6.05. The Balaban J connectivity index is 1.47. The summed E-state index contributed by atoms with van der Waals surface area (Å²) in [5, 5.41) is 8.74. The summed E-state index contributed by atoms with van der Waals surface area (Å²) in [6.07, 6.45) is 0. The maximum absolute atomic E-state index is 12.0. The van der Waals surface area contributed by atoms with Crippen molar-refractivity contribution in [2.75, 3.05) is 18.7 Å². The van der Waals surface area contributed by atoms with Crippen molar-refractivity contribution in [3.05, 3.63) is 52.0 Å². The number of benzene rings is 2. The Morgan fingerprint density at radius 2 is 1.85 bits per heavy atom. The number of amides is 3. The fourth-order valence-electron chi connectivity index (χ4n) is 2.45. The highest BCUT2D eigenvalue weighted by Crippen LogP contribution is 2.34. The summed E-state index contributed by atoms with van der Waals surface area (Å²) >= 11 is 11.9. The van der Waals surface area contributed by atoms with E-state index < -0.39 is 11.9 Å². The summed E-state index contributed by atoms with van der Waals surface area (Å²) in [5.74, 6) is 0.675. The first kappa shape index (κ1) is 19.3. The van der Waals surface area contributed by atoms with Crippen LogP contribution in [0.15, 0.2) is 36.4 Å². The molecule has 0 bridgehead atoms. The van der Waals surface area contributed by atoms with E-state index in [0.717, 1.165) is 5.56 Å². The normalized spacial score (nSPS) is 13.1. The fourth-order valence-corrected chi connectivity index (χ4v) is 2.76. The van der Waals surface area contributed by atoms with Crippen molar-refractivity contribution >= 4 is 40.8 Å². The van der Waals surface area contributed by atoms with E-state index in [4.69, 9.17) is 32.7 Å². The number of hydrogen-bond donors (Lipinski definition) is 3. The van der Waals surface area contributed by atoms with E-state index in [1.807, 2.05) is 13.0 Å². The summed E-state index contributed by atoms with van der Waals surface area (Å²) in [5.41, 5.74) is 1.36. The van der Waals surface area contributed by atoms with Crippen LogP contribution in [0.2, 0.25) is 10.0 Å². The molecule has 0 spiro atoms. The Bertz CT molecular complexity index is 876. The molecule has 0 saturated heterocycles. The Hall–Kier alpha value is -2.48. The SMILES string of the molecule is C[C@@H](NCC(=O)NC(=O)Nc1ccc2c(c1)OCO2)c1ccc(Cl)c(Cl)c1. The third-order valence-corrected chi connectivity index (χ3v) is 4.63. The molecule has 2 aromatic carbocycles. The number of rotatable bonds is 5. The second-order valence-corrected chi connectivity index (χ2v) is 6.66. The lowest BCUT2D eigenvalue weighted by Gasteiger charge is -2.15. The van der Waals surface area contributed by atoms with Gasteiger partial charge in [-0.2, -0.15) is 0 Å². The summed E-state index contributed by atoms with van der Waals surface area (Å²) in [7, 11) is 0. The number of halogens is 2.